The largest absolute Gasteiger partial charge is 0.325 e. The summed E-state index contributed by atoms with van der Waals surface area (Å²) in [5, 5.41) is 10.9. The van der Waals surface area contributed by atoms with Gasteiger partial charge in [0.25, 0.3) is 0 Å². The molecular formula is C26H34N4. The number of anilines is 2. The number of hydrogen-bond donors (Lipinski definition) is 1. The molecule has 4 nitrogen and oxygen atoms in total. The van der Waals surface area contributed by atoms with E-state index < -0.39 is 0 Å². The Hall–Kier alpha value is -2.36. The van der Waals surface area contributed by atoms with Gasteiger partial charge in [-0.1, -0.05) is 39.0 Å². The Balaban J connectivity index is 1.37. The Bertz CT molecular complexity index is 1060. The van der Waals surface area contributed by atoms with Gasteiger partial charge in [-0.2, -0.15) is 5.10 Å². The highest BCUT2D eigenvalue weighted by atomic mass is 15.3. The van der Waals surface area contributed by atoms with Crippen molar-refractivity contribution in [2.24, 2.45) is 18.4 Å². The smallest absolute Gasteiger partial charge is 0.139 e. The number of rotatable bonds is 6. The molecule has 1 N–H and O–H groups in total. The van der Waals surface area contributed by atoms with Crippen molar-refractivity contribution in [1.29, 1.82) is 0 Å². The summed E-state index contributed by atoms with van der Waals surface area (Å²) >= 11 is 0. The number of nitrogens with one attached hydrogen (secondary N) is 1. The number of nitrogens with zero attached hydrogens (tertiary/aromatic N) is 3. The minimum atomic E-state index is 0.487. The van der Waals surface area contributed by atoms with Gasteiger partial charge in [0, 0.05) is 30.6 Å². The highest BCUT2D eigenvalue weighted by Crippen LogP contribution is 2.54. The van der Waals surface area contributed by atoms with Gasteiger partial charge < -0.3 is 5.32 Å². The van der Waals surface area contributed by atoms with Gasteiger partial charge in [-0.3, -0.25) is 4.68 Å². The van der Waals surface area contributed by atoms with Crippen LogP contribution in [0.4, 0.5) is 11.6 Å². The lowest BCUT2D eigenvalue weighted by Crippen LogP contribution is -2.04. The molecule has 0 spiro atoms. The first-order valence-electron chi connectivity index (χ1n) is 11.6. The van der Waals surface area contributed by atoms with E-state index >= 15 is 0 Å². The van der Waals surface area contributed by atoms with E-state index in [4.69, 9.17) is 5.10 Å². The maximum Gasteiger partial charge on any atom is 0.139 e. The predicted molar refractivity (Wildman–Crippen MR) is 124 cm³/mol. The maximum atomic E-state index is 4.89. The van der Waals surface area contributed by atoms with Crippen molar-refractivity contribution < 1.29 is 0 Å². The summed E-state index contributed by atoms with van der Waals surface area (Å²) in [6, 6.07) is 10.9. The number of fused-ring (bicyclic) bond motifs is 1. The number of pyridine rings is 1. The van der Waals surface area contributed by atoms with E-state index in [0.717, 1.165) is 17.6 Å². The molecule has 2 aliphatic carbocycles. The van der Waals surface area contributed by atoms with Crippen LogP contribution in [0.25, 0.3) is 10.8 Å². The molecule has 5 rings (SSSR count). The average Bonchev–Trinajstić information content (AvgIpc) is 3.10. The van der Waals surface area contributed by atoms with E-state index in [0.29, 0.717) is 17.3 Å². The second-order valence-corrected chi connectivity index (χ2v) is 10.4. The second-order valence-electron chi connectivity index (χ2n) is 10.4. The number of benzene rings is 1. The van der Waals surface area contributed by atoms with Crippen molar-refractivity contribution in [3.8, 4) is 0 Å². The molecule has 3 aromatic rings. The van der Waals surface area contributed by atoms with Crippen LogP contribution in [0, 0.1) is 11.3 Å². The molecule has 2 aromatic heterocycles. The first-order valence-corrected chi connectivity index (χ1v) is 11.6. The van der Waals surface area contributed by atoms with Crippen molar-refractivity contribution >= 4 is 22.4 Å². The third-order valence-corrected chi connectivity index (χ3v) is 7.45. The normalized spacial score (nSPS) is 22.7. The Kier molecular flexibility index (Phi) is 4.83. The van der Waals surface area contributed by atoms with Gasteiger partial charge in [0.05, 0.1) is 5.69 Å². The van der Waals surface area contributed by atoms with Crippen LogP contribution in [0.1, 0.15) is 82.4 Å². The number of aromatic nitrogens is 3. The molecule has 2 heterocycles. The summed E-state index contributed by atoms with van der Waals surface area (Å²) < 4.78 is 1.98. The molecule has 158 valence electrons. The van der Waals surface area contributed by atoms with Crippen LogP contribution in [0.5, 0.6) is 0 Å². The van der Waals surface area contributed by atoms with Gasteiger partial charge in [-0.05, 0) is 72.8 Å². The Morgan fingerprint density at radius 2 is 2.00 bits per heavy atom. The Morgan fingerprint density at radius 1 is 1.17 bits per heavy atom. The zero-order valence-electron chi connectivity index (χ0n) is 18.8. The lowest BCUT2D eigenvalue weighted by atomic mass is 9.91. The van der Waals surface area contributed by atoms with Crippen LogP contribution in [0.15, 0.2) is 36.5 Å². The third kappa shape index (κ3) is 3.73. The molecule has 1 aromatic carbocycles. The fourth-order valence-electron chi connectivity index (χ4n) is 5.41. The molecule has 2 unspecified atom stereocenters. The third-order valence-electron chi connectivity index (χ3n) is 7.45. The highest BCUT2D eigenvalue weighted by molar-refractivity contribution is 5.95. The quantitative estimate of drug-likeness (QED) is 0.487. The van der Waals surface area contributed by atoms with Crippen molar-refractivity contribution in [2.45, 2.75) is 71.1 Å². The van der Waals surface area contributed by atoms with E-state index in [1.165, 1.54) is 60.6 Å². The zero-order valence-corrected chi connectivity index (χ0v) is 18.8. The summed E-state index contributed by atoms with van der Waals surface area (Å²) in [7, 11) is 2.04. The van der Waals surface area contributed by atoms with Crippen LogP contribution in [-0.2, 0) is 7.05 Å². The molecule has 0 aliphatic heterocycles. The summed E-state index contributed by atoms with van der Waals surface area (Å²) in [5.74, 6) is 3.91. The fourth-order valence-corrected chi connectivity index (χ4v) is 5.41. The maximum absolute atomic E-state index is 4.89. The predicted octanol–water partition coefficient (Wildman–Crippen LogP) is 6.91. The Morgan fingerprint density at radius 3 is 2.77 bits per heavy atom. The molecule has 30 heavy (non-hydrogen) atoms. The lowest BCUT2D eigenvalue weighted by Gasteiger charge is -2.14. The lowest BCUT2D eigenvalue weighted by molar-refractivity contribution is 0.378. The van der Waals surface area contributed by atoms with Crippen molar-refractivity contribution in [1.82, 2.24) is 14.8 Å². The second kappa shape index (κ2) is 7.40. The van der Waals surface area contributed by atoms with E-state index in [1.807, 2.05) is 17.9 Å². The Labute approximate surface area is 180 Å². The number of hydrogen-bond acceptors (Lipinski definition) is 3. The molecule has 0 amide bonds. The van der Waals surface area contributed by atoms with E-state index in [1.54, 1.807) is 0 Å². The molecule has 0 radical (unpaired) electrons. The average molecular weight is 403 g/mol. The minimum absolute atomic E-state index is 0.487. The SMILES string of the molecule is CC(C)c1cccc2c(Nc3cc(C4CCC(CC5(C)CC5)C4)nn3C)nccc12. The van der Waals surface area contributed by atoms with Crippen LogP contribution >= 0.6 is 0 Å². The summed E-state index contributed by atoms with van der Waals surface area (Å²) in [6.07, 6.45) is 10.1. The molecule has 0 bridgehead atoms. The molecule has 4 heteroatoms. The molecule has 2 aliphatic rings. The van der Waals surface area contributed by atoms with Gasteiger partial charge in [-0.15, -0.1) is 0 Å². The van der Waals surface area contributed by atoms with E-state index in [9.17, 15) is 0 Å². The summed E-state index contributed by atoms with van der Waals surface area (Å²) in [5.41, 5.74) is 3.27. The van der Waals surface area contributed by atoms with Crippen LogP contribution < -0.4 is 5.32 Å². The fraction of sp³-hybridized carbons (Fsp3) is 0.538. The van der Waals surface area contributed by atoms with Gasteiger partial charge in [0.1, 0.15) is 11.6 Å². The van der Waals surface area contributed by atoms with Crippen molar-refractivity contribution in [2.75, 3.05) is 5.32 Å². The van der Waals surface area contributed by atoms with Crippen LogP contribution in [0.2, 0.25) is 0 Å². The molecule has 0 saturated heterocycles. The molecule has 2 fully saturated rings. The zero-order chi connectivity index (χ0) is 20.9. The molecule has 2 atom stereocenters. The van der Waals surface area contributed by atoms with Gasteiger partial charge in [0.15, 0.2) is 0 Å². The van der Waals surface area contributed by atoms with Gasteiger partial charge in [-0.25, -0.2) is 4.98 Å². The van der Waals surface area contributed by atoms with Crippen LogP contribution in [-0.4, -0.2) is 14.8 Å². The minimum Gasteiger partial charge on any atom is -0.325 e. The summed E-state index contributed by atoms with van der Waals surface area (Å²) in [6.45, 7) is 6.95. The highest BCUT2D eigenvalue weighted by Gasteiger charge is 2.41. The van der Waals surface area contributed by atoms with E-state index in [2.05, 4.69) is 61.4 Å². The van der Waals surface area contributed by atoms with E-state index in [-0.39, 0.29) is 0 Å². The summed E-state index contributed by atoms with van der Waals surface area (Å²) in [4.78, 5) is 4.66. The van der Waals surface area contributed by atoms with Gasteiger partial charge >= 0.3 is 0 Å². The molecule has 2 saturated carbocycles. The monoisotopic (exact) mass is 402 g/mol. The van der Waals surface area contributed by atoms with Gasteiger partial charge in [0.2, 0.25) is 0 Å². The topological polar surface area (TPSA) is 42.7 Å². The van der Waals surface area contributed by atoms with Crippen LogP contribution in [0.3, 0.4) is 0 Å². The first-order chi connectivity index (χ1) is 14.4. The standard InChI is InChI=1S/C26H34N4/c1-17(2)20-6-5-7-22-21(20)10-13-27-25(22)28-24-15-23(29-30(24)4)19-9-8-18(14-19)16-26(3)11-12-26/h5-7,10,13,15,17-19H,8-9,11-12,14,16H2,1-4H3,(H,27,28). The van der Waals surface area contributed by atoms with Crippen molar-refractivity contribution in [3.05, 3.63) is 47.8 Å². The number of aryl methyl sites for hydroxylation is 1. The van der Waals surface area contributed by atoms with Crippen molar-refractivity contribution in [3.63, 3.8) is 0 Å². The molecular weight excluding hydrogens is 368 g/mol. The first kappa shape index (κ1) is 19.6.